The van der Waals surface area contributed by atoms with Gasteiger partial charge >= 0.3 is 0 Å². The molecule has 2 aromatic carbocycles. The van der Waals surface area contributed by atoms with Gasteiger partial charge in [-0.3, -0.25) is 4.79 Å². The summed E-state index contributed by atoms with van der Waals surface area (Å²) in [5, 5.41) is 3.57. The van der Waals surface area contributed by atoms with E-state index in [-0.39, 0.29) is 12.3 Å². The van der Waals surface area contributed by atoms with Crippen LogP contribution in [-0.4, -0.2) is 35.5 Å². The molecule has 7 heteroatoms. The van der Waals surface area contributed by atoms with E-state index in [1.54, 1.807) is 6.20 Å². The third-order valence-corrected chi connectivity index (χ3v) is 6.28. The molecular formula is C23H24ClN3O2S. The number of anilines is 2. The first-order valence-corrected chi connectivity index (χ1v) is 11.6. The molecule has 30 heavy (non-hydrogen) atoms. The number of nitrogens with one attached hydrogen (secondary N) is 1. The van der Waals surface area contributed by atoms with Gasteiger partial charge < -0.3 is 14.6 Å². The first kappa shape index (κ1) is 20.8. The van der Waals surface area contributed by atoms with Crippen molar-refractivity contribution in [2.45, 2.75) is 19.8 Å². The van der Waals surface area contributed by atoms with E-state index in [1.807, 2.05) is 61.2 Å². The van der Waals surface area contributed by atoms with Gasteiger partial charge in [-0.05, 0) is 25.1 Å². The summed E-state index contributed by atoms with van der Waals surface area (Å²) in [5.74, 6) is 3.40. The van der Waals surface area contributed by atoms with Crippen LogP contribution >= 0.6 is 23.4 Å². The molecule has 2 heterocycles. The minimum Gasteiger partial charge on any atom is -0.441 e. The molecule has 0 saturated carbocycles. The van der Waals surface area contributed by atoms with Crippen molar-refractivity contribution in [3.05, 3.63) is 65.1 Å². The van der Waals surface area contributed by atoms with E-state index in [0.29, 0.717) is 28.8 Å². The van der Waals surface area contributed by atoms with Crippen molar-refractivity contribution in [2.75, 3.05) is 34.8 Å². The molecule has 1 aromatic heterocycles. The number of rotatable bonds is 6. The van der Waals surface area contributed by atoms with Crippen molar-refractivity contribution in [3.8, 4) is 11.3 Å². The number of hydrogen-bond donors (Lipinski definition) is 1. The smallest absolute Gasteiger partial charge is 0.224 e. The van der Waals surface area contributed by atoms with E-state index < -0.39 is 0 Å². The van der Waals surface area contributed by atoms with Gasteiger partial charge in [-0.1, -0.05) is 41.4 Å². The molecule has 0 atom stereocenters. The average molecular weight is 442 g/mol. The van der Waals surface area contributed by atoms with Crippen molar-refractivity contribution >= 4 is 40.6 Å². The number of oxazole rings is 1. The van der Waals surface area contributed by atoms with Gasteiger partial charge in [-0.2, -0.15) is 11.8 Å². The van der Waals surface area contributed by atoms with E-state index >= 15 is 0 Å². The Balaban J connectivity index is 1.32. The number of amides is 1. The zero-order valence-corrected chi connectivity index (χ0v) is 18.4. The summed E-state index contributed by atoms with van der Waals surface area (Å²) < 4.78 is 5.79. The Kier molecular flexibility index (Phi) is 6.65. The summed E-state index contributed by atoms with van der Waals surface area (Å²) in [6.07, 6.45) is 2.43. The van der Waals surface area contributed by atoms with Crippen LogP contribution in [0.15, 0.2) is 53.1 Å². The van der Waals surface area contributed by atoms with Crippen molar-refractivity contribution in [2.24, 2.45) is 0 Å². The number of carbonyl (C=O) groups is 1. The van der Waals surface area contributed by atoms with Gasteiger partial charge in [0.25, 0.3) is 0 Å². The van der Waals surface area contributed by atoms with E-state index in [0.717, 1.165) is 35.8 Å². The van der Waals surface area contributed by atoms with Gasteiger partial charge in [0.1, 0.15) is 0 Å². The van der Waals surface area contributed by atoms with Crippen LogP contribution in [0.2, 0.25) is 5.02 Å². The van der Waals surface area contributed by atoms with Crippen LogP contribution in [0, 0.1) is 6.92 Å². The fourth-order valence-corrected chi connectivity index (χ4v) is 4.57. The van der Waals surface area contributed by atoms with Crippen LogP contribution in [0.4, 0.5) is 11.4 Å². The molecule has 0 aliphatic carbocycles. The minimum atomic E-state index is -0.0942. The monoisotopic (exact) mass is 441 g/mol. The predicted molar refractivity (Wildman–Crippen MR) is 125 cm³/mol. The van der Waals surface area contributed by atoms with Gasteiger partial charge in [-0.25, -0.2) is 4.98 Å². The van der Waals surface area contributed by atoms with Crippen LogP contribution in [0.3, 0.4) is 0 Å². The van der Waals surface area contributed by atoms with Crippen LogP contribution in [0.1, 0.15) is 17.9 Å². The fraction of sp³-hybridized carbons (Fsp3) is 0.304. The maximum Gasteiger partial charge on any atom is 0.224 e. The number of aryl methyl sites for hydroxylation is 2. The molecule has 156 valence electrons. The lowest BCUT2D eigenvalue weighted by molar-refractivity contribution is -0.116. The summed E-state index contributed by atoms with van der Waals surface area (Å²) in [4.78, 5) is 18.9. The molecule has 4 rings (SSSR count). The molecule has 1 aliphatic heterocycles. The summed E-state index contributed by atoms with van der Waals surface area (Å²) in [7, 11) is 0. The van der Waals surface area contributed by atoms with Crippen molar-refractivity contribution < 1.29 is 9.21 Å². The van der Waals surface area contributed by atoms with E-state index in [1.165, 1.54) is 5.56 Å². The minimum absolute atomic E-state index is 0.0942. The second-order valence-electron chi connectivity index (χ2n) is 7.30. The molecule has 1 amide bonds. The van der Waals surface area contributed by atoms with Crippen LogP contribution in [0.5, 0.6) is 0 Å². The van der Waals surface area contributed by atoms with Crippen molar-refractivity contribution in [1.29, 1.82) is 0 Å². The number of thioether (sulfide) groups is 1. The molecule has 0 unspecified atom stereocenters. The molecule has 0 spiro atoms. The Morgan fingerprint density at radius 1 is 1.20 bits per heavy atom. The number of benzene rings is 2. The summed E-state index contributed by atoms with van der Waals surface area (Å²) in [6, 6.07) is 13.8. The van der Waals surface area contributed by atoms with Crippen molar-refractivity contribution in [1.82, 2.24) is 4.98 Å². The van der Waals surface area contributed by atoms with Crippen LogP contribution < -0.4 is 10.2 Å². The number of halogens is 1. The van der Waals surface area contributed by atoms with E-state index in [9.17, 15) is 4.79 Å². The number of aromatic nitrogens is 1. The average Bonchev–Trinajstić information content (AvgIpc) is 3.23. The van der Waals surface area contributed by atoms with Gasteiger partial charge in [-0.15, -0.1) is 0 Å². The number of nitrogens with zero attached hydrogens (tertiary/aromatic N) is 2. The highest BCUT2D eigenvalue weighted by Gasteiger charge is 2.15. The lowest BCUT2D eigenvalue weighted by Crippen LogP contribution is -2.32. The Hall–Kier alpha value is -2.44. The molecule has 1 fully saturated rings. The number of carbonyl (C=O) groups excluding carboxylic acids is 1. The zero-order chi connectivity index (χ0) is 20.9. The molecule has 0 radical (unpaired) electrons. The van der Waals surface area contributed by atoms with Gasteiger partial charge in [0, 0.05) is 48.7 Å². The van der Waals surface area contributed by atoms with Crippen LogP contribution in [-0.2, 0) is 11.2 Å². The highest BCUT2D eigenvalue weighted by molar-refractivity contribution is 7.99. The normalized spacial score (nSPS) is 14.0. The highest BCUT2D eigenvalue weighted by atomic mass is 35.5. The topological polar surface area (TPSA) is 58.4 Å². The Morgan fingerprint density at radius 2 is 1.97 bits per heavy atom. The maximum absolute atomic E-state index is 12.4. The molecule has 1 N–H and O–H groups in total. The zero-order valence-electron chi connectivity index (χ0n) is 16.9. The third-order valence-electron chi connectivity index (χ3n) is 5.04. The molecule has 0 bridgehead atoms. The SMILES string of the molecule is Cc1ccc(-c2cnc(CCC(=O)Nc3ccc(N4CCSCC4)c(Cl)c3)o2)cc1. The second kappa shape index (κ2) is 9.58. The standard InChI is InChI=1S/C23H24ClN3O2S/c1-16-2-4-17(5-3-16)21-15-25-23(29-21)9-8-22(28)26-18-6-7-20(19(24)14-18)27-10-12-30-13-11-27/h2-7,14-15H,8-13H2,1H3,(H,26,28). The van der Waals surface area contributed by atoms with Gasteiger partial charge in [0.05, 0.1) is 16.9 Å². The summed E-state index contributed by atoms with van der Waals surface area (Å²) in [5.41, 5.74) is 3.90. The fourth-order valence-electron chi connectivity index (χ4n) is 3.37. The number of hydrogen-bond acceptors (Lipinski definition) is 5. The molecular weight excluding hydrogens is 418 g/mol. The molecule has 5 nitrogen and oxygen atoms in total. The highest BCUT2D eigenvalue weighted by Crippen LogP contribution is 2.30. The largest absolute Gasteiger partial charge is 0.441 e. The van der Waals surface area contributed by atoms with E-state index in [2.05, 4.69) is 15.2 Å². The van der Waals surface area contributed by atoms with E-state index in [4.69, 9.17) is 16.0 Å². The Bertz CT molecular complexity index is 1010. The molecule has 3 aromatic rings. The first-order valence-electron chi connectivity index (χ1n) is 10.0. The second-order valence-corrected chi connectivity index (χ2v) is 8.93. The van der Waals surface area contributed by atoms with Gasteiger partial charge in [0.15, 0.2) is 11.7 Å². The lowest BCUT2D eigenvalue weighted by Gasteiger charge is -2.29. The molecule has 1 aliphatic rings. The molecule has 1 saturated heterocycles. The predicted octanol–water partition coefficient (Wildman–Crippen LogP) is 5.43. The Morgan fingerprint density at radius 3 is 2.70 bits per heavy atom. The summed E-state index contributed by atoms with van der Waals surface area (Å²) >= 11 is 8.43. The maximum atomic E-state index is 12.4. The lowest BCUT2D eigenvalue weighted by atomic mass is 10.1. The van der Waals surface area contributed by atoms with Crippen molar-refractivity contribution in [3.63, 3.8) is 0 Å². The summed E-state index contributed by atoms with van der Waals surface area (Å²) in [6.45, 7) is 4.04. The quantitative estimate of drug-likeness (QED) is 0.552. The van der Waals surface area contributed by atoms with Crippen LogP contribution in [0.25, 0.3) is 11.3 Å². The third kappa shape index (κ3) is 5.18. The first-order chi connectivity index (χ1) is 14.6. The van der Waals surface area contributed by atoms with Gasteiger partial charge in [0.2, 0.25) is 5.91 Å². The Labute approximate surface area is 185 Å².